The molecule has 0 amide bonds. The van der Waals surface area contributed by atoms with Crippen molar-refractivity contribution in [3.63, 3.8) is 0 Å². The van der Waals surface area contributed by atoms with E-state index in [1.54, 1.807) is 0 Å². The summed E-state index contributed by atoms with van der Waals surface area (Å²) in [4.78, 5) is 0. The molecule has 0 aromatic carbocycles. The topological polar surface area (TPSA) is 23.1 Å². The fraction of sp³-hybridized carbons (Fsp3) is 0. The quantitative estimate of drug-likeness (QED) is 0.169. The molecule has 0 atom stereocenters. The van der Waals surface area contributed by atoms with E-state index in [-0.39, 0.29) is 18.9 Å². The molecule has 4 heavy (non-hydrogen) atoms. The Labute approximate surface area is 40.3 Å². The maximum atomic E-state index is 9.71. The Morgan fingerprint density at radius 1 is 1.75 bits per heavy atom. The van der Waals surface area contributed by atoms with Gasteiger partial charge < -0.3 is 4.55 Å². The molecule has 0 rings (SSSR count). The van der Waals surface area contributed by atoms with Gasteiger partial charge in [-0.2, -0.15) is 0 Å². The van der Waals surface area contributed by atoms with Gasteiger partial charge in [-0.1, -0.05) is 0 Å². The third-order valence-electron chi connectivity index (χ3n) is 0. The van der Waals surface area contributed by atoms with Gasteiger partial charge in [-0.3, -0.25) is 0 Å². The Hall–Kier alpha value is 0.837. The fourth-order valence-corrected chi connectivity index (χ4v) is 0. The first-order valence-corrected chi connectivity index (χ1v) is 1.05. The van der Waals surface area contributed by atoms with Crippen molar-refractivity contribution in [1.29, 1.82) is 0 Å². The molecule has 1 nitrogen and oxygen atoms in total. The van der Waals surface area contributed by atoms with Crippen molar-refractivity contribution < 1.29 is 27.3 Å². The van der Waals surface area contributed by atoms with Gasteiger partial charge in [0.25, 0.3) is 0 Å². The van der Waals surface area contributed by atoms with Gasteiger partial charge in [-0.25, -0.2) is 0 Å². The number of hydrogen-bond donors (Lipinski definition) is 0. The third-order valence-corrected chi connectivity index (χ3v) is 0. The van der Waals surface area contributed by atoms with Crippen LogP contribution in [0.15, 0.2) is 0 Å². The SMILES string of the molecule is [Li+].[O-][SH+]F. The van der Waals surface area contributed by atoms with Gasteiger partial charge in [0, 0.05) is 3.89 Å². The van der Waals surface area contributed by atoms with Crippen molar-refractivity contribution in [2.24, 2.45) is 0 Å². The Morgan fingerprint density at radius 2 is 1.75 bits per heavy atom. The zero-order valence-corrected chi connectivity index (χ0v) is 3.13. The monoisotopic (exact) mass is 75.0 g/mol. The summed E-state index contributed by atoms with van der Waals surface area (Å²) in [5.74, 6) is 0. The molecule has 0 bridgehead atoms. The minimum Gasteiger partial charge on any atom is -0.583 e. The summed E-state index contributed by atoms with van der Waals surface area (Å²) in [6.45, 7) is 0. The van der Waals surface area contributed by atoms with E-state index in [1.807, 2.05) is 0 Å². The van der Waals surface area contributed by atoms with Gasteiger partial charge in [0.2, 0.25) is 0 Å². The third kappa shape index (κ3) is 13.7. The maximum absolute atomic E-state index is 9.71. The van der Waals surface area contributed by atoms with Gasteiger partial charge in [-0.05, 0) is 0 Å². The predicted octanol–water partition coefficient (Wildman–Crippen LogP) is -3.18. The standard InChI is InChI=1S/FHOS.Li/c1-3-2;/h3H;/q;+1. The average Bonchev–Trinajstić information content (AvgIpc) is 0.918. The average molecular weight is 75.0 g/mol. The number of hydrogen-bond acceptors (Lipinski definition) is 1. The number of thiol groups is 1. The maximum Gasteiger partial charge on any atom is 1.00 e. The Balaban J connectivity index is 0. The van der Waals surface area contributed by atoms with E-state index in [0.29, 0.717) is 0 Å². The minimum atomic E-state index is -1.33. The van der Waals surface area contributed by atoms with Crippen LogP contribution in [-0.4, -0.2) is 4.55 Å². The van der Waals surface area contributed by atoms with Crippen LogP contribution in [0.4, 0.5) is 3.89 Å². The second-order valence-electron chi connectivity index (χ2n) is 0.0690. The molecule has 0 aliphatic carbocycles. The first-order chi connectivity index (χ1) is 1.41. The van der Waals surface area contributed by atoms with Crippen molar-refractivity contribution in [3.05, 3.63) is 0 Å². The van der Waals surface area contributed by atoms with Gasteiger partial charge >= 0.3 is 18.9 Å². The summed E-state index contributed by atoms with van der Waals surface area (Å²) in [6.07, 6.45) is 0. The summed E-state index contributed by atoms with van der Waals surface area (Å²) < 4.78 is 17.9. The van der Waals surface area contributed by atoms with Crippen molar-refractivity contribution in [2.75, 3.05) is 0 Å². The van der Waals surface area contributed by atoms with Crippen LogP contribution in [0.2, 0.25) is 0 Å². The molecule has 0 aromatic rings. The first kappa shape index (κ1) is 8.85. The molecule has 0 saturated carbocycles. The zero-order chi connectivity index (χ0) is 2.71. The summed E-state index contributed by atoms with van der Waals surface area (Å²) in [7, 11) is 0. The van der Waals surface area contributed by atoms with Gasteiger partial charge in [0.05, 0.1) is 0 Å². The van der Waals surface area contributed by atoms with Crippen LogP contribution < -0.4 is 18.9 Å². The largest absolute Gasteiger partial charge is 1.00 e. The van der Waals surface area contributed by atoms with E-state index in [1.165, 1.54) is 0 Å². The molecule has 0 N–H and O–H groups in total. The second-order valence-corrected chi connectivity index (χ2v) is 0.207. The van der Waals surface area contributed by atoms with Crippen LogP contribution in [-0.2, 0) is 12.4 Å². The normalized spacial score (nSPS) is 4.50. The summed E-state index contributed by atoms with van der Waals surface area (Å²) in [5.41, 5.74) is 0. The molecule has 0 aromatic heterocycles. The second kappa shape index (κ2) is 9.15. The van der Waals surface area contributed by atoms with Crippen LogP contribution >= 0.6 is 0 Å². The molecule has 0 aliphatic rings. The minimum absolute atomic E-state index is 0. The van der Waals surface area contributed by atoms with E-state index >= 15 is 0 Å². The van der Waals surface area contributed by atoms with E-state index in [0.717, 1.165) is 0 Å². The van der Waals surface area contributed by atoms with Gasteiger partial charge in [-0.15, -0.1) is 0 Å². The smallest absolute Gasteiger partial charge is 0.583 e. The van der Waals surface area contributed by atoms with Gasteiger partial charge in [0.15, 0.2) is 12.4 Å². The van der Waals surface area contributed by atoms with E-state index in [4.69, 9.17) is 4.55 Å². The van der Waals surface area contributed by atoms with Crippen LogP contribution in [0.25, 0.3) is 0 Å². The van der Waals surface area contributed by atoms with Crippen LogP contribution in [0.1, 0.15) is 0 Å². The Bertz CT molecular complexity index is 8.00. The molecule has 0 spiro atoms. The summed E-state index contributed by atoms with van der Waals surface area (Å²) >= 11 is -1.33. The Morgan fingerprint density at radius 3 is 1.75 bits per heavy atom. The zero-order valence-electron chi connectivity index (χ0n) is 2.23. The molecular formula is HFLiOS+. The summed E-state index contributed by atoms with van der Waals surface area (Å²) in [6, 6.07) is 0. The van der Waals surface area contributed by atoms with E-state index in [2.05, 4.69) is 0 Å². The van der Waals surface area contributed by atoms with Crippen LogP contribution in [0, 0.1) is 0 Å². The number of rotatable bonds is 0. The van der Waals surface area contributed by atoms with Crippen LogP contribution in [0.5, 0.6) is 0 Å². The molecule has 0 unspecified atom stereocenters. The van der Waals surface area contributed by atoms with Crippen molar-refractivity contribution in [1.82, 2.24) is 0 Å². The molecular weight excluding hydrogens is 74.0 g/mol. The van der Waals surface area contributed by atoms with Crippen LogP contribution in [0.3, 0.4) is 0 Å². The molecule has 0 aliphatic heterocycles. The van der Waals surface area contributed by atoms with E-state index in [9.17, 15) is 3.89 Å². The summed E-state index contributed by atoms with van der Waals surface area (Å²) in [5, 5.41) is 0. The molecule has 0 fully saturated rings. The first-order valence-electron chi connectivity index (χ1n) is 0.352. The van der Waals surface area contributed by atoms with E-state index < -0.39 is 12.4 Å². The Kier molecular flexibility index (Phi) is 20.2. The molecule has 0 radical (unpaired) electrons. The predicted molar refractivity (Wildman–Crippen MR) is 10.6 cm³/mol. The van der Waals surface area contributed by atoms with Crippen molar-refractivity contribution in [2.45, 2.75) is 0 Å². The molecule has 4 heteroatoms. The fourth-order valence-electron chi connectivity index (χ4n) is 0. The molecule has 0 saturated heterocycles. The van der Waals surface area contributed by atoms with Crippen molar-refractivity contribution >= 4 is 12.4 Å². The molecule has 0 heterocycles. The van der Waals surface area contributed by atoms with Gasteiger partial charge in [0.1, 0.15) is 0 Å². The van der Waals surface area contributed by atoms with Crippen molar-refractivity contribution in [3.8, 4) is 0 Å². The molecule has 20 valence electrons. The number of halogens is 1.